The Bertz CT molecular complexity index is 295. The van der Waals surface area contributed by atoms with Crippen molar-refractivity contribution in [2.24, 2.45) is 11.7 Å². The smallest absolute Gasteiger partial charge is 0.0753 e. The topological polar surface area (TPSA) is 35.2 Å². The lowest BCUT2D eigenvalue weighted by Crippen LogP contribution is -2.38. The summed E-state index contributed by atoms with van der Waals surface area (Å²) in [6.45, 7) is 2.84. The second-order valence-corrected chi connectivity index (χ2v) is 5.37. The van der Waals surface area contributed by atoms with Crippen molar-refractivity contribution in [2.75, 3.05) is 6.61 Å². The predicted octanol–water partition coefficient (Wildman–Crippen LogP) is 2.82. The molecular formula is C13H21NOS. The van der Waals surface area contributed by atoms with Gasteiger partial charge in [-0.25, -0.2) is 0 Å². The molecule has 1 heterocycles. The molecule has 2 nitrogen and oxygen atoms in total. The van der Waals surface area contributed by atoms with Crippen LogP contribution >= 0.6 is 11.3 Å². The van der Waals surface area contributed by atoms with Gasteiger partial charge in [0.15, 0.2) is 0 Å². The maximum Gasteiger partial charge on any atom is 0.0753 e. The monoisotopic (exact) mass is 239 g/mol. The molecule has 0 radical (unpaired) electrons. The lowest BCUT2D eigenvalue weighted by molar-refractivity contribution is 0.0269. The molecule has 1 aromatic heterocycles. The molecule has 1 saturated carbocycles. The molecule has 3 heteroatoms. The first kappa shape index (κ1) is 12.1. The summed E-state index contributed by atoms with van der Waals surface area (Å²) in [5.41, 5.74) is 7.65. The van der Waals surface area contributed by atoms with Gasteiger partial charge in [-0.05, 0) is 60.9 Å². The third-order valence-corrected chi connectivity index (χ3v) is 3.95. The lowest BCUT2D eigenvalue weighted by atomic mass is 10.0. The van der Waals surface area contributed by atoms with Crippen molar-refractivity contribution in [2.45, 2.75) is 44.8 Å². The van der Waals surface area contributed by atoms with Crippen molar-refractivity contribution in [1.82, 2.24) is 0 Å². The third kappa shape index (κ3) is 3.30. The molecule has 0 aliphatic heterocycles. The normalized spacial score (nSPS) is 19.6. The molecule has 0 saturated heterocycles. The molecule has 2 atom stereocenters. The van der Waals surface area contributed by atoms with E-state index in [4.69, 9.17) is 10.5 Å². The van der Waals surface area contributed by atoms with E-state index in [-0.39, 0.29) is 6.04 Å². The van der Waals surface area contributed by atoms with Gasteiger partial charge >= 0.3 is 0 Å². The van der Waals surface area contributed by atoms with Crippen LogP contribution in [0, 0.1) is 5.92 Å². The zero-order chi connectivity index (χ0) is 11.4. The number of hydrogen-bond acceptors (Lipinski definition) is 3. The van der Waals surface area contributed by atoms with Crippen LogP contribution in [0.3, 0.4) is 0 Å². The second kappa shape index (κ2) is 5.80. The highest BCUT2D eigenvalue weighted by Gasteiger charge is 2.35. The van der Waals surface area contributed by atoms with E-state index in [9.17, 15) is 0 Å². The van der Waals surface area contributed by atoms with Crippen molar-refractivity contribution in [1.29, 1.82) is 0 Å². The van der Waals surface area contributed by atoms with E-state index in [1.165, 1.54) is 18.4 Å². The minimum Gasteiger partial charge on any atom is -0.377 e. The van der Waals surface area contributed by atoms with Gasteiger partial charge in [-0.15, -0.1) is 0 Å². The number of nitrogens with two attached hydrogens (primary N) is 1. The average Bonchev–Trinajstić information content (AvgIpc) is 2.99. The van der Waals surface area contributed by atoms with E-state index in [2.05, 4.69) is 23.8 Å². The van der Waals surface area contributed by atoms with Gasteiger partial charge in [0.25, 0.3) is 0 Å². The Morgan fingerprint density at radius 1 is 1.56 bits per heavy atom. The van der Waals surface area contributed by atoms with Crippen molar-refractivity contribution < 1.29 is 4.74 Å². The highest BCUT2D eigenvalue weighted by molar-refractivity contribution is 7.07. The van der Waals surface area contributed by atoms with Crippen molar-refractivity contribution >= 4 is 11.3 Å². The number of aryl methyl sites for hydroxylation is 1. The van der Waals surface area contributed by atoms with Crippen molar-refractivity contribution in [3.8, 4) is 0 Å². The Morgan fingerprint density at radius 2 is 2.38 bits per heavy atom. The molecule has 2 rings (SSSR count). The van der Waals surface area contributed by atoms with Gasteiger partial charge in [0.05, 0.1) is 6.10 Å². The Morgan fingerprint density at radius 3 is 2.94 bits per heavy atom. The van der Waals surface area contributed by atoms with Gasteiger partial charge in [-0.3, -0.25) is 0 Å². The lowest BCUT2D eigenvalue weighted by Gasteiger charge is -2.23. The molecule has 0 aromatic carbocycles. The molecule has 1 aromatic rings. The predicted molar refractivity (Wildman–Crippen MR) is 68.8 cm³/mol. The summed E-state index contributed by atoms with van der Waals surface area (Å²) in [5, 5.41) is 4.33. The fraction of sp³-hybridized carbons (Fsp3) is 0.692. The van der Waals surface area contributed by atoms with E-state index < -0.39 is 0 Å². The van der Waals surface area contributed by atoms with Crippen LogP contribution in [0.1, 0.15) is 31.7 Å². The van der Waals surface area contributed by atoms with Gasteiger partial charge < -0.3 is 10.5 Å². The molecular weight excluding hydrogens is 218 g/mol. The first-order chi connectivity index (χ1) is 7.81. The van der Waals surface area contributed by atoms with Crippen molar-refractivity contribution in [3.63, 3.8) is 0 Å². The van der Waals surface area contributed by atoms with E-state index in [0.29, 0.717) is 6.10 Å². The molecule has 0 amide bonds. The van der Waals surface area contributed by atoms with Gasteiger partial charge in [0, 0.05) is 12.6 Å². The van der Waals surface area contributed by atoms with Crippen molar-refractivity contribution in [3.05, 3.63) is 22.4 Å². The molecule has 16 heavy (non-hydrogen) atoms. The van der Waals surface area contributed by atoms with E-state index in [1.807, 2.05) is 0 Å². The Kier molecular flexibility index (Phi) is 4.38. The molecule has 2 N–H and O–H groups in total. The van der Waals surface area contributed by atoms with E-state index in [1.54, 1.807) is 11.3 Å². The van der Waals surface area contributed by atoms with Crippen LogP contribution in [0.25, 0.3) is 0 Å². The maximum atomic E-state index is 6.24. The van der Waals surface area contributed by atoms with Gasteiger partial charge in [-0.1, -0.05) is 0 Å². The number of hydrogen-bond donors (Lipinski definition) is 1. The zero-order valence-corrected chi connectivity index (χ0v) is 10.7. The highest BCUT2D eigenvalue weighted by Crippen LogP contribution is 2.36. The molecule has 0 spiro atoms. The Hall–Kier alpha value is -0.380. The van der Waals surface area contributed by atoms with Crippen LogP contribution in [0.5, 0.6) is 0 Å². The van der Waals surface area contributed by atoms with E-state index >= 15 is 0 Å². The highest BCUT2D eigenvalue weighted by atomic mass is 32.1. The van der Waals surface area contributed by atoms with Crippen LogP contribution < -0.4 is 5.73 Å². The fourth-order valence-corrected chi connectivity index (χ4v) is 2.86. The molecule has 1 aliphatic rings. The zero-order valence-electron chi connectivity index (χ0n) is 9.89. The molecule has 0 bridgehead atoms. The Labute approximate surface area is 102 Å². The number of rotatable bonds is 7. The summed E-state index contributed by atoms with van der Waals surface area (Å²) in [7, 11) is 0. The van der Waals surface area contributed by atoms with Gasteiger partial charge in [0.1, 0.15) is 0 Å². The van der Waals surface area contributed by atoms with E-state index in [0.717, 1.165) is 25.4 Å². The molecule has 1 fully saturated rings. The third-order valence-electron chi connectivity index (χ3n) is 3.21. The standard InChI is InChI=1S/C13H21NOS/c1-2-15-13(11-4-5-11)12(14)6-3-10-7-8-16-9-10/h7-9,11-13H,2-6,14H2,1H3. The largest absolute Gasteiger partial charge is 0.377 e. The summed E-state index contributed by atoms with van der Waals surface area (Å²) >= 11 is 1.76. The van der Waals surface area contributed by atoms with Crippen LogP contribution in [-0.4, -0.2) is 18.8 Å². The average molecular weight is 239 g/mol. The van der Waals surface area contributed by atoms with Crippen LogP contribution in [-0.2, 0) is 11.2 Å². The number of thiophene rings is 1. The van der Waals surface area contributed by atoms with Gasteiger partial charge in [-0.2, -0.15) is 11.3 Å². The summed E-state index contributed by atoms with van der Waals surface area (Å²) in [6, 6.07) is 2.39. The van der Waals surface area contributed by atoms with Crippen LogP contribution in [0.4, 0.5) is 0 Å². The Balaban J connectivity index is 1.78. The fourth-order valence-electron chi connectivity index (χ4n) is 2.16. The molecule has 90 valence electrons. The second-order valence-electron chi connectivity index (χ2n) is 4.59. The summed E-state index contributed by atoms with van der Waals surface area (Å²) < 4.78 is 5.78. The SMILES string of the molecule is CCOC(C(N)CCc1ccsc1)C1CC1. The summed E-state index contributed by atoms with van der Waals surface area (Å²) in [4.78, 5) is 0. The maximum absolute atomic E-state index is 6.24. The molecule has 1 aliphatic carbocycles. The summed E-state index contributed by atoms with van der Waals surface area (Å²) in [5.74, 6) is 0.734. The van der Waals surface area contributed by atoms with Gasteiger partial charge in [0.2, 0.25) is 0 Å². The summed E-state index contributed by atoms with van der Waals surface area (Å²) in [6.07, 6.45) is 5.02. The quantitative estimate of drug-likeness (QED) is 0.794. The number of ether oxygens (including phenoxy) is 1. The first-order valence-electron chi connectivity index (χ1n) is 6.19. The minimum atomic E-state index is 0.201. The molecule has 2 unspecified atom stereocenters. The first-order valence-corrected chi connectivity index (χ1v) is 7.13. The van der Waals surface area contributed by atoms with Crippen LogP contribution in [0.15, 0.2) is 16.8 Å². The minimum absolute atomic E-state index is 0.201. The van der Waals surface area contributed by atoms with Crippen LogP contribution in [0.2, 0.25) is 0 Å².